The molecule has 1 fully saturated rings. The van der Waals surface area contributed by atoms with Crippen molar-refractivity contribution in [3.63, 3.8) is 0 Å². The quantitative estimate of drug-likeness (QED) is 0.748. The Morgan fingerprint density at radius 3 is 2.57 bits per heavy atom. The highest BCUT2D eigenvalue weighted by molar-refractivity contribution is 6.31. The van der Waals surface area contributed by atoms with Crippen LogP contribution in [-0.4, -0.2) is 24.4 Å². The fourth-order valence-corrected chi connectivity index (χ4v) is 2.59. The Bertz CT molecular complexity index is 674. The third-order valence-corrected chi connectivity index (χ3v) is 3.72. The van der Waals surface area contributed by atoms with Crippen molar-refractivity contribution in [2.24, 2.45) is 16.1 Å². The van der Waals surface area contributed by atoms with Gasteiger partial charge in [0.25, 0.3) is 5.91 Å². The Morgan fingerprint density at radius 1 is 1.24 bits per heavy atom. The van der Waals surface area contributed by atoms with Crippen LogP contribution >= 0.6 is 11.6 Å². The van der Waals surface area contributed by atoms with Crippen LogP contribution in [0.25, 0.3) is 0 Å². The smallest absolute Gasteiger partial charge is 0.274 e. The maximum absolute atomic E-state index is 12.8. The summed E-state index contributed by atoms with van der Waals surface area (Å²) < 4.78 is 38.5. The van der Waals surface area contributed by atoms with Crippen LogP contribution in [-0.2, 0) is 15.8 Å². The predicted molar refractivity (Wildman–Crippen MR) is 65.9 cm³/mol. The van der Waals surface area contributed by atoms with Crippen LogP contribution in [0.4, 0.5) is 18.9 Å². The van der Waals surface area contributed by atoms with Crippen molar-refractivity contribution in [1.29, 1.82) is 0 Å². The number of rotatable bonds is 1. The Balaban J connectivity index is 2.04. The van der Waals surface area contributed by atoms with E-state index in [1.165, 1.54) is 6.07 Å². The second kappa shape index (κ2) is 4.52. The van der Waals surface area contributed by atoms with Crippen molar-refractivity contribution >= 4 is 29.1 Å². The normalized spacial score (nSPS) is 24.9. The molecule has 0 radical (unpaired) electrons. The second-order valence-corrected chi connectivity index (χ2v) is 5.07. The number of benzene rings is 1. The van der Waals surface area contributed by atoms with Crippen LogP contribution in [0.1, 0.15) is 5.56 Å². The first kappa shape index (κ1) is 14.0. The molecule has 0 spiro atoms. The number of fused-ring (bicyclic) bond motifs is 1. The lowest BCUT2D eigenvalue weighted by Crippen LogP contribution is -2.32. The minimum atomic E-state index is -4.67. The lowest BCUT2D eigenvalue weighted by molar-refractivity contribution is -0.137. The maximum atomic E-state index is 12.8. The highest BCUT2D eigenvalue weighted by Crippen LogP contribution is 2.39. The summed E-state index contributed by atoms with van der Waals surface area (Å²) in [5.41, 5.74) is -1.26. The summed E-state index contributed by atoms with van der Waals surface area (Å²) in [4.78, 5) is 24.9. The molecule has 0 N–H and O–H groups in total. The first-order valence-corrected chi connectivity index (χ1v) is 6.29. The van der Waals surface area contributed by atoms with Gasteiger partial charge in [0.1, 0.15) is 0 Å². The molecule has 2 amide bonds. The fraction of sp³-hybridized carbons (Fsp3) is 0.333. The third kappa shape index (κ3) is 2.10. The van der Waals surface area contributed by atoms with Crippen LogP contribution in [0.3, 0.4) is 0 Å². The number of carbonyl (C=O) groups excluding carboxylic acids is 2. The van der Waals surface area contributed by atoms with Gasteiger partial charge in [-0.15, -0.1) is 0 Å². The zero-order valence-corrected chi connectivity index (χ0v) is 11.0. The van der Waals surface area contributed by atoms with Gasteiger partial charge in [0.2, 0.25) is 5.91 Å². The van der Waals surface area contributed by atoms with Gasteiger partial charge in [0.15, 0.2) is 6.04 Å². The Morgan fingerprint density at radius 2 is 1.95 bits per heavy atom. The zero-order valence-electron chi connectivity index (χ0n) is 10.3. The molecule has 21 heavy (non-hydrogen) atoms. The van der Waals surface area contributed by atoms with E-state index >= 15 is 0 Å². The molecule has 2 aliphatic rings. The average molecular weight is 318 g/mol. The molecule has 2 unspecified atom stereocenters. The van der Waals surface area contributed by atoms with Crippen molar-refractivity contribution in [2.75, 3.05) is 11.4 Å². The fourth-order valence-electron chi connectivity index (χ4n) is 2.37. The highest BCUT2D eigenvalue weighted by Gasteiger charge is 2.51. The van der Waals surface area contributed by atoms with E-state index in [-0.39, 0.29) is 12.2 Å². The molecular formula is C12H7ClF3N3O2. The number of imide groups is 1. The average Bonchev–Trinajstić information content (AvgIpc) is 2.95. The van der Waals surface area contributed by atoms with Crippen LogP contribution in [0.2, 0.25) is 5.02 Å². The summed E-state index contributed by atoms with van der Waals surface area (Å²) in [6.07, 6.45) is -4.67. The van der Waals surface area contributed by atoms with Gasteiger partial charge in [-0.3, -0.25) is 9.59 Å². The molecule has 110 valence electrons. The standard InChI is InChI=1S/C12H7ClF3N3O2/c13-8-2-1-5(3-7(8)12(14,15)16)19-10(20)6-4-17-18-9(6)11(19)21/h1-3,6,9H,4H2. The molecule has 1 saturated heterocycles. The number of anilines is 1. The first-order valence-electron chi connectivity index (χ1n) is 5.92. The predicted octanol–water partition coefficient (Wildman–Crippen LogP) is 2.68. The molecule has 9 heteroatoms. The summed E-state index contributed by atoms with van der Waals surface area (Å²) in [6.45, 7) is 0.0749. The topological polar surface area (TPSA) is 62.1 Å². The molecule has 0 aromatic heterocycles. The van der Waals surface area contributed by atoms with E-state index < -0.39 is 40.5 Å². The maximum Gasteiger partial charge on any atom is 0.417 e. The second-order valence-electron chi connectivity index (χ2n) is 4.66. The minimum Gasteiger partial charge on any atom is -0.274 e. The molecular weight excluding hydrogens is 311 g/mol. The van der Waals surface area contributed by atoms with Crippen molar-refractivity contribution < 1.29 is 22.8 Å². The van der Waals surface area contributed by atoms with Gasteiger partial charge >= 0.3 is 6.18 Å². The molecule has 3 rings (SSSR count). The summed E-state index contributed by atoms with van der Waals surface area (Å²) in [5, 5.41) is 6.79. The van der Waals surface area contributed by atoms with Crippen LogP contribution in [0, 0.1) is 5.92 Å². The van der Waals surface area contributed by atoms with E-state index in [4.69, 9.17) is 11.6 Å². The number of hydrogen-bond donors (Lipinski definition) is 0. The van der Waals surface area contributed by atoms with Gasteiger partial charge in [-0.1, -0.05) is 11.6 Å². The summed E-state index contributed by atoms with van der Waals surface area (Å²) in [5.74, 6) is -1.98. The lowest BCUT2D eigenvalue weighted by Gasteiger charge is -2.17. The zero-order chi connectivity index (χ0) is 15.4. The van der Waals surface area contributed by atoms with Gasteiger partial charge in [-0.25, -0.2) is 4.90 Å². The number of amides is 2. The number of azo groups is 1. The third-order valence-electron chi connectivity index (χ3n) is 3.39. The molecule has 1 aromatic carbocycles. The minimum absolute atomic E-state index is 0.0749. The van der Waals surface area contributed by atoms with E-state index in [2.05, 4.69) is 10.2 Å². The molecule has 0 bridgehead atoms. The monoisotopic (exact) mass is 317 g/mol. The highest BCUT2D eigenvalue weighted by atomic mass is 35.5. The van der Waals surface area contributed by atoms with E-state index in [1.54, 1.807) is 0 Å². The Hall–Kier alpha value is -1.96. The number of alkyl halides is 3. The van der Waals surface area contributed by atoms with E-state index in [9.17, 15) is 22.8 Å². The van der Waals surface area contributed by atoms with E-state index in [0.717, 1.165) is 11.0 Å². The van der Waals surface area contributed by atoms with Gasteiger partial charge in [0, 0.05) is 0 Å². The number of halogens is 4. The van der Waals surface area contributed by atoms with Gasteiger partial charge in [0.05, 0.1) is 28.7 Å². The molecule has 0 aliphatic carbocycles. The van der Waals surface area contributed by atoms with Crippen LogP contribution in [0.5, 0.6) is 0 Å². The molecule has 2 heterocycles. The van der Waals surface area contributed by atoms with E-state index in [0.29, 0.717) is 6.07 Å². The molecule has 0 saturated carbocycles. The molecule has 2 aliphatic heterocycles. The Kier molecular flexibility index (Phi) is 3.01. The molecule has 5 nitrogen and oxygen atoms in total. The Labute approximate surface area is 121 Å². The van der Waals surface area contributed by atoms with Crippen LogP contribution in [0.15, 0.2) is 28.4 Å². The number of hydrogen-bond acceptors (Lipinski definition) is 4. The van der Waals surface area contributed by atoms with Crippen LogP contribution < -0.4 is 4.90 Å². The van der Waals surface area contributed by atoms with Gasteiger partial charge in [-0.05, 0) is 18.2 Å². The lowest BCUT2D eigenvalue weighted by atomic mass is 10.1. The first-order chi connectivity index (χ1) is 9.80. The van der Waals surface area contributed by atoms with Gasteiger partial charge in [-0.2, -0.15) is 23.4 Å². The summed E-state index contributed by atoms with van der Waals surface area (Å²) in [7, 11) is 0. The van der Waals surface area contributed by atoms with E-state index in [1.807, 2.05) is 0 Å². The van der Waals surface area contributed by atoms with Crippen molar-refractivity contribution in [3.8, 4) is 0 Å². The van der Waals surface area contributed by atoms with Crippen molar-refractivity contribution in [3.05, 3.63) is 28.8 Å². The summed E-state index contributed by atoms with van der Waals surface area (Å²) in [6, 6.07) is 1.97. The summed E-state index contributed by atoms with van der Waals surface area (Å²) >= 11 is 5.51. The van der Waals surface area contributed by atoms with Crippen molar-refractivity contribution in [1.82, 2.24) is 0 Å². The van der Waals surface area contributed by atoms with Crippen molar-refractivity contribution in [2.45, 2.75) is 12.2 Å². The molecule has 1 aromatic rings. The molecule has 2 atom stereocenters. The number of carbonyl (C=O) groups is 2. The SMILES string of the molecule is O=C1C2CN=NC2C(=O)N1c1ccc(Cl)c(C(F)(F)F)c1. The van der Waals surface area contributed by atoms with Gasteiger partial charge < -0.3 is 0 Å². The number of nitrogens with zero attached hydrogens (tertiary/aromatic N) is 3. The largest absolute Gasteiger partial charge is 0.417 e.